The molecule has 3 aliphatic rings. The summed E-state index contributed by atoms with van der Waals surface area (Å²) in [6, 6.07) is 0. The summed E-state index contributed by atoms with van der Waals surface area (Å²) in [5.74, 6) is 2.20. The lowest BCUT2D eigenvalue weighted by Gasteiger charge is -2.43. The molecule has 2 aliphatic carbocycles. The third-order valence-electron chi connectivity index (χ3n) is 5.11. The number of ether oxygens (including phenoxy) is 2. The van der Waals surface area contributed by atoms with Crippen LogP contribution in [0.3, 0.4) is 0 Å². The lowest BCUT2D eigenvalue weighted by Crippen LogP contribution is -2.44. The number of aliphatic hydroxyl groups is 1. The Balaban J connectivity index is 1.72. The smallest absolute Gasteiger partial charge is 0.188 e. The van der Waals surface area contributed by atoms with Gasteiger partial charge in [0.2, 0.25) is 0 Å². The van der Waals surface area contributed by atoms with E-state index >= 15 is 0 Å². The maximum absolute atomic E-state index is 10.2. The van der Waals surface area contributed by atoms with Crippen LogP contribution in [0.25, 0.3) is 0 Å². The molecule has 3 fully saturated rings. The van der Waals surface area contributed by atoms with Gasteiger partial charge in [-0.05, 0) is 77.4 Å². The molecule has 1 heterocycles. The summed E-state index contributed by atoms with van der Waals surface area (Å²) >= 11 is 0. The summed E-state index contributed by atoms with van der Waals surface area (Å²) in [5.41, 5.74) is 2.53. The first-order chi connectivity index (χ1) is 11.4. The van der Waals surface area contributed by atoms with E-state index in [-0.39, 0.29) is 17.6 Å². The van der Waals surface area contributed by atoms with Crippen molar-refractivity contribution in [2.45, 2.75) is 71.8 Å². The molecule has 0 atom stereocenters. The van der Waals surface area contributed by atoms with Crippen LogP contribution in [0.4, 0.5) is 0 Å². The van der Waals surface area contributed by atoms with Gasteiger partial charge in [0.1, 0.15) is 11.4 Å². The number of allylic oxidation sites excluding steroid dienone is 2. The second-order valence-electron chi connectivity index (χ2n) is 8.41. The Hall–Kier alpha value is -1.16. The summed E-state index contributed by atoms with van der Waals surface area (Å²) < 4.78 is 12.3. The van der Waals surface area contributed by atoms with Crippen LogP contribution < -0.4 is 0 Å². The van der Waals surface area contributed by atoms with Crippen molar-refractivity contribution < 1.29 is 14.6 Å². The van der Waals surface area contributed by atoms with Gasteiger partial charge in [-0.2, -0.15) is 0 Å². The van der Waals surface area contributed by atoms with Crippen molar-refractivity contribution in [1.29, 1.82) is 0 Å². The summed E-state index contributed by atoms with van der Waals surface area (Å²) in [5, 5.41) is 10.2. The third kappa shape index (κ3) is 3.90. The van der Waals surface area contributed by atoms with Crippen LogP contribution in [0.15, 0.2) is 22.8 Å². The van der Waals surface area contributed by atoms with Gasteiger partial charge in [0.05, 0.1) is 18.6 Å². The zero-order valence-corrected chi connectivity index (χ0v) is 15.8. The molecule has 2 saturated carbocycles. The molecule has 0 aromatic carbocycles. The highest BCUT2D eigenvalue weighted by Gasteiger charge is 2.43. The number of piperidine rings is 1. The van der Waals surface area contributed by atoms with Gasteiger partial charge in [0.25, 0.3) is 0 Å². The maximum Gasteiger partial charge on any atom is 0.188 e. The third-order valence-corrected chi connectivity index (χ3v) is 5.11. The van der Waals surface area contributed by atoms with Crippen molar-refractivity contribution in [2.24, 2.45) is 5.41 Å². The van der Waals surface area contributed by atoms with E-state index in [1.807, 2.05) is 6.92 Å². The van der Waals surface area contributed by atoms with E-state index < -0.39 is 0 Å². The normalized spacial score (nSPS) is 22.3. The summed E-state index contributed by atoms with van der Waals surface area (Å²) in [6.07, 6.45) is 6.49. The second-order valence-corrected chi connectivity index (χ2v) is 8.41. The number of hydrogen-bond donors (Lipinski definition) is 1. The summed E-state index contributed by atoms with van der Waals surface area (Å²) in [4.78, 5) is 2.39. The Morgan fingerprint density at radius 2 is 1.67 bits per heavy atom. The predicted molar refractivity (Wildman–Crippen MR) is 95.3 cm³/mol. The molecule has 0 unspecified atom stereocenters. The van der Waals surface area contributed by atoms with Gasteiger partial charge in [-0.1, -0.05) is 0 Å². The number of rotatable bonds is 6. The number of hydrogen-bond acceptors (Lipinski definition) is 4. The van der Waals surface area contributed by atoms with Crippen molar-refractivity contribution >= 4 is 0 Å². The SMILES string of the molecule is CCOC(=C1CC1)C1(CO)CCN(C(OC(C)(C)C)=C2CC2)CC1. The van der Waals surface area contributed by atoms with Crippen LogP contribution in [0.1, 0.15) is 66.2 Å². The topological polar surface area (TPSA) is 41.9 Å². The fourth-order valence-corrected chi connectivity index (χ4v) is 3.59. The Morgan fingerprint density at radius 1 is 1.08 bits per heavy atom. The molecule has 1 N–H and O–H groups in total. The monoisotopic (exact) mass is 335 g/mol. The zero-order chi connectivity index (χ0) is 17.4. The number of likely N-dealkylation sites (tertiary alicyclic amines) is 1. The van der Waals surface area contributed by atoms with E-state index in [1.54, 1.807) is 0 Å². The molecule has 0 bridgehead atoms. The van der Waals surface area contributed by atoms with Crippen molar-refractivity contribution in [3.63, 3.8) is 0 Å². The van der Waals surface area contributed by atoms with Crippen LogP contribution in [0, 0.1) is 5.41 Å². The Kier molecular flexibility index (Phi) is 4.87. The standard InChI is InChI=1S/C20H33NO3/c1-5-23-17(15-6-7-15)20(14-22)10-12-21(13-11-20)18(16-8-9-16)24-19(2,3)4/h22H,5-14H2,1-4H3. The average molecular weight is 335 g/mol. The van der Waals surface area contributed by atoms with Crippen molar-refractivity contribution in [3.05, 3.63) is 22.8 Å². The lowest BCUT2D eigenvalue weighted by molar-refractivity contribution is -0.0299. The lowest BCUT2D eigenvalue weighted by atomic mass is 9.76. The van der Waals surface area contributed by atoms with E-state index in [0.29, 0.717) is 6.61 Å². The molecule has 0 spiro atoms. The molecule has 24 heavy (non-hydrogen) atoms. The Bertz CT molecular complexity index is 522. The molecule has 4 heteroatoms. The van der Waals surface area contributed by atoms with Gasteiger partial charge in [0.15, 0.2) is 5.88 Å². The molecule has 4 nitrogen and oxygen atoms in total. The average Bonchev–Trinajstić information content (AvgIpc) is 3.42. The molecule has 3 rings (SSSR count). The molecular weight excluding hydrogens is 302 g/mol. The van der Waals surface area contributed by atoms with Crippen molar-refractivity contribution in [2.75, 3.05) is 26.3 Å². The fourth-order valence-electron chi connectivity index (χ4n) is 3.59. The first kappa shape index (κ1) is 17.7. The molecule has 1 aliphatic heterocycles. The van der Waals surface area contributed by atoms with Gasteiger partial charge >= 0.3 is 0 Å². The first-order valence-corrected chi connectivity index (χ1v) is 9.51. The Morgan fingerprint density at radius 3 is 2.08 bits per heavy atom. The van der Waals surface area contributed by atoms with Gasteiger partial charge in [-0.3, -0.25) is 0 Å². The van der Waals surface area contributed by atoms with E-state index in [1.165, 1.54) is 24.0 Å². The quantitative estimate of drug-likeness (QED) is 0.746. The van der Waals surface area contributed by atoms with Gasteiger partial charge < -0.3 is 19.5 Å². The largest absolute Gasteiger partial charge is 0.498 e. The van der Waals surface area contributed by atoms with Crippen molar-refractivity contribution in [1.82, 2.24) is 4.90 Å². The molecule has 136 valence electrons. The van der Waals surface area contributed by atoms with Gasteiger partial charge in [0, 0.05) is 13.1 Å². The Labute approximate surface area is 146 Å². The van der Waals surface area contributed by atoms with Crippen molar-refractivity contribution in [3.8, 4) is 0 Å². The van der Waals surface area contributed by atoms with Crippen LogP contribution >= 0.6 is 0 Å². The van der Waals surface area contributed by atoms with Crippen LogP contribution in [-0.2, 0) is 9.47 Å². The highest BCUT2D eigenvalue weighted by molar-refractivity contribution is 5.28. The number of aliphatic hydroxyl groups excluding tert-OH is 1. The van der Waals surface area contributed by atoms with Gasteiger partial charge in [-0.25, -0.2) is 0 Å². The minimum Gasteiger partial charge on any atom is -0.498 e. The fraction of sp³-hybridized carbons (Fsp3) is 0.800. The highest BCUT2D eigenvalue weighted by Crippen LogP contribution is 2.47. The number of nitrogens with zero attached hydrogens (tertiary/aromatic N) is 1. The van der Waals surface area contributed by atoms with E-state index in [4.69, 9.17) is 9.47 Å². The highest BCUT2D eigenvalue weighted by atomic mass is 16.5. The van der Waals surface area contributed by atoms with E-state index in [9.17, 15) is 5.11 Å². The second kappa shape index (κ2) is 6.62. The molecule has 1 saturated heterocycles. The predicted octanol–water partition coefficient (Wildman–Crippen LogP) is 3.97. The van der Waals surface area contributed by atoms with Crippen LogP contribution in [-0.4, -0.2) is 41.9 Å². The summed E-state index contributed by atoms with van der Waals surface area (Å²) in [6.45, 7) is 11.1. The molecule has 0 radical (unpaired) electrons. The van der Waals surface area contributed by atoms with Gasteiger partial charge in [-0.15, -0.1) is 0 Å². The van der Waals surface area contributed by atoms with Crippen LogP contribution in [0.5, 0.6) is 0 Å². The van der Waals surface area contributed by atoms with Crippen LogP contribution in [0.2, 0.25) is 0 Å². The molecule has 0 aromatic rings. The summed E-state index contributed by atoms with van der Waals surface area (Å²) in [7, 11) is 0. The van der Waals surface area contributed by atoms with E-state index in [2.05, 4.69) is 25.7 Å². The first-order valence-electron chi connectivity index (χ1n) is 9.51. The minimum atomic E-state index is -0.181. The van der Waals surface area contributed by atoms with E-state index in [0.717, 1.165) is 50.4 Å². The molecule has 0 aromatic heterocycles. The molecular formula is C20H33NO3. The maximum atomic E-state index is 10.2. The zero-order valence-electron chi connectivity index (χ0n) is 15.8. The minimum absolute atomic E-state index is 0.164. The molecule has 0 amide bonds.